The molecule has 0 spiro atoms. The normalized spacial score (nSPS) is 13.6. The monoisotopic (exact) mass is 407 g/mol. The van der Waals surface area contributed by atoms with Gasteiger partial charge in [-0.05, 0) is 31.0 Å². The van der Waals surface area contributed by atoms with Crippen LogP contribution in [0.1, 0.15) is 35.6 Å². The van der Waals surface area contributed by atoms with Crippen LogP contribution in [0.2, 0.25) is 0 Å². The molecule has 29 heavy (non-hydrogen) atoms. The van der Waals surface area contributed by atoms with Gasteiger partial charge in [0.2, 0.25) is 0 Å². The number of benzene rings is 1. The van der Waals surface area contributed by atoms with Crippen LogP contribution in [-0.4, -0.2) is 58.5 Å². The SMILES string of the molecule is COc1ccc(C(=O)N2CCCC2)cc1NC(=O)N(C)Cc1nccn1C(F)F. The third-order valence-electron chi connectivity index (χ3n) is 4.77. The number of rotatable bonds is 6. The summed E-state index contributed by atoms with van der Waals surface area (Å²) in [5.74, 6) is 0.342. The Hall–Kier alpha value is -3.17. The fourth-order valence-corrected chi connectivity index (χ4v) is 3.18. The first-order valence-corrected chi connectivity index (χ1v) is 9.20. The summed E-state index contributed by atoms with van der Waals surface area (Å²) in [6.07, 6.45) is 4.36. The molecule has 1 saturated heterocycles. The predicted molar refractivity (Wildman–Crippen MR) is 102 cm³/mol. The van der Waals surface area contributed by atoms with Crippen molar-refractivity contribution in [1.29, 1.82) is 0 Å². The minimum atomic E-state index is -2.74. The highest BCUT2D eigenvalue weighted by Gasteiger charge is 2.22. The van der Waals surface area contributed by atoms with Crippen LogP contribution < -0.4 is 10.1 Å². The van der Waals surface area contributed by atoms with Crippen molar-refractivity contribution in [2.24, 2.45) is 0 Å². The molecular weight excluding hydrogens is 384 g/mol. The molecule has 10 heteroatoms. The third-order valence-corrected chi connectivity index (χ3v) is 4.77. The number of hydrogen-bond donors (Lipinski definition) is 1. The van der Waals surface area contributed by atoms with Crippen molar-refractivity contribution in [3.05, 3.63) is 42.0 Å². The molecule has 3 amide bonds. The lowest BCUT2D eigenvalue weighted by Crippen LogP contribution is -2.32. The first-order valence-electron chi connectivity index (χ1n) is 9.20. The topological polar surface area (TPSA) is 79.7 Å². The maximum Gasteiger partial charge on any atom is 0.322 e. The first kappa shape index (κ1) is 20.6. The van der Waals surface area contributed by atoms with E-state index in [2.05, 4.69) is 10.3 Å². The lowest BCUT2D eigenvalue weighted by molar-refractivity contribution is 0.0652. The molecule has 3 rings (SSSR count). The lowest BCUT2D eigenvalue weighted by Gasteiger charge is -2.20. The number of anilines is 1. The number of methoxy groups -OCH3 is 1. The average molecular weight is 407 g/mol. The van der Waals surface area contributed by atoms with Gasteiger partial charge in [0.05, 0.1) is 19.3 Å². The van der Waals surface area contributed by atoms with Crippen molar-refractivity contribution in [1.82, 2.24) is 19.4 Å². The van der Waals surface area contributed by atoms with Gasteiger partial charge in [0.1, 0.15) is 11.6 Å². The fourth-order valence-electron chi connectivity index (χ4n) is 3.18. The smallest absolute Gasteiger partial charge is 0.322 e. The van der Waals surface area contributed by atoms with Gasteiger partial charge in [0.25, 0.3) is 5.91 Å². The van der Waals surface area contributed by atoms with Gasteiger partial charge < -0.3 is 19.9 Å². The van der Waals surface area contributed by atoms with Crippen LogP contribution in [0.3, 0.4) is 0 Å². The quantitative estimate of drug-likeness (QED) is 0.798. The highest BCUT2D eigenvalue weighted by atomic mass is 19.3. The number of aromatic nitrogens is 2. The Morgan fingerprint density at radius 3 is 2.69 bits per heavy atom. The predicted octanol–water partition coefficient (Wildman–Crippen LogP) is 3.19. The molecule has 0 bridgehead atoms. The second-order valence-electron chi connectivity index (χ2n) is 6.73. The Balaban J connectivity index is 1.73. The largest absolute Gasteiger partial charge is 0.495 e. The van der Waals surface area contributed by atoms with E-state index in [4.69, 9.17) is 4.74 Å². The standard InChI is InChI=1S/C19H23F2N5O3/c1-24(12-16-22-7-10-26(16)18(20)21)19(28)23-14-11-13(5-6-15(14)29-2)17(27)25-8-3-4-9-25/h5-7,10-11,18H,3-4,8-9,12H2,1-2H3,(H,23,28). The molecule has 1 aromatic heterocycles. The Bertz CT molecular complexity index is 880. The zero-order chi connectivity index (χ0) is 21.0. The third kappa shape index (κ3) is 4.64. The van der Waals surface area contributed by atoms with E-state index in [0.717, 1.165) is 19.0 Å². The van der Waals surface area contributed by atoms with Crippen LogP contribution in [0, 0.1) is 0 Å². The fraction of sp³-hybridized carbons (Fsp3) is 0.421. The summed E-state index contributed by atoms with van der Waals surface area (Å²) in [4.78, 5) is 32.0. The highest BCUT2D eigenvalue weighted by Crippen LogP contribution is 2.27. The number of amides is 3. The molecule has 1 fully saturated rings. The Morgan fingerprint density at radius 2 is 2.03 bits per heavy atom. The van der Waals surface area contributed by atoms with E-state index in [9.17, 15) is 18.4 Å². The molecule has 0 aliphatic carbocycles. The van der Waals surface area contributed by atoms with Crippen LogP contribution in [0.5, 0.6) is 5.75 Å². The number of urea groups is 1. The molecular formula is C19H23F2N5O3. The zero-order valence-electron chi connectivity index (χ0n) is 16.3. The van der Waals surface area contributed by atoms with Crippen molar-refractivity contribution in [2.75, 3.05) is 32.6 Å². The first-order chi connectivity index (χ1) is 13.9. The molecule has 2 heterocycles. The number of carbonyl (C=O) groups excluding carboxylic acids is 2. The number of nitrogens with one attached hydrogen (secondary N) is 1. The van der Waals surface area contributed by atoms with Gasteiger partial charge in [-0.15, -0.1) is 0 Å². The van der Waals surface area contributed by atoms with Crippen LogP contribution in [-0.2, 0) is 6.54 Å². The maximum atomic E-state index is 13.0. The molecule has 0 unspecified atom stereocenters. The average Bonchev–Trinajstić information content (AvgIpc) is 3.39. The zero-order valence-corrected chi connectivity index (χ0v) is 16.3. The highest BCUT2D eigenvalue weighted by molar-refractivity contribution is 5.98. The van der Waals surface area contributed by atoms with Crippen molar-refractivity contribution < 1.29 is 23.1 Å². The number of hydrogen-bond acceptors (Lipinski definition) is 4. The number of halogens is 2. The summed E-state index contributed by atoms with van der Waals surface area (Å²) in [7, 11) is 2.92. The van der Waals surface area contributed by atoms with Crippen LogP contribution in [0.25, 0.3) is 0 Å². The molecule has 1 aliphatic heterocycles. The Morgan fingerprint density at radius 1 is 1.31 bits per heavy atom. The molecule has 2 aromatic rings. The number of nitrogens with zero attached hydrogens (tertiary/aromatic N) is 4. The molecule has 0 atom stereocenters. The number of imidazole rings is 1. The van der Waals surface area contributed by atoms with Crippen molar-refractivity contribution >= 4 is 17.6 Å². The van der Waals surface area contributed by atoms with Crippen LogP contribution in [0.15, 0.2) is 30.6 Å². The molecule has 8 nitrogen and oxygen atoms in total. The number of ether oxygens (including phenoxy) is 1. The summed E-state index contributed by atoms with van der Waals surface area (Å²) >= 11 is 0. The van der Waals surface area contributed by atoms with Gasteiger partial charge in [-0.3, -0.25) is 9.36 Å². The summed E-state index contributed by atoms with van der Waals surface area (Å²) in [5, 5.41) is 2.67. The molecule has 156 valence electrons. The van der Waals surface area contributed by atoms with Gasteiger partial charge in [0.15, 0.2) is 0 Å². The second-order valence-corrected chi connectivity index (χ2v) is 6.73. The minimum absolute atomic E-state index is 0.0579. The number of alkyl halides is 2. The summed E-state index contributed by atoms with van der Waals surface area (Å²) in [5.41, 5.74) is 0.769. The summed E-state index contributed by atoms with van der Waals surface area (Å²) < 4.78 is 31.9. The molecule has 1 N–H and O–H groups in total. The van der Waals surface area contributed by atoms with E-state index in [1.807, 2.05) is 0 Å². The van der Waals surface area contributed by atoms with Gasteiger partial charge in [-0.25, -0.2) is 9.78 Å². The maximum absolute atomic E-state index is 13.0. The van der Waals surface area contributed by atoms with Crippen LogP contribution >= 0.6 is 0 Å². The van der Waals surface area contributed by atoms with E-state index in [1.54, 1.807) is 23.1 Å². The van der Waals surface area contributed by atoms with E-state index in [1.165, 1.54) is 25.3 Å². The van der Waals surface area contributed by atoms with Crippen molar-refractivity contribution in [3.63, 3.8) is 0 Å². The van der Waals surface area contributed by atoms with Gasteiger partial charge in [0, 0.05) is 38.1 Å². The van der Waals surface area contributed by atoms with Crippen molar-refractivity contribution in [3.8, 4) is 5.75 Å². The van der Waals surface area contributed by atoms with E-state index < -0.39 is 12.6 Å². The van der Waals surface area contributed by atoms with E-state index in [0.29, 0.717) is 34.7 Å². The van der Waals surface area contributed by atoms with Gasteiger partial charge in [-0.2, -0.15) is 8.78 Å². The molecule has 1 aliphatic rings. The number of carbonyl (C=O) groups is 2. The summed E-state index contributed by atoms with van der Waals surface area (Å²) in [6.45, 7) is -1.42. The minimum Gasteiger partial charge on any atom is -0.495 e. The molecule has 1 aromatic carbocycles. The Labute approximate surface area is 167 Å². The van der Waals surface area contributed by atoms with E-state index in [-0.39, 0.29) is 18.3 Å². The van der Waals surface area contributed by atoms with E-state index >= 15 is 0 Å². The lowest BCUT2D eigenvalue weighted by atomic mass is 10.1. The van der Waals surface area contributed by atoms with Crippen molar-refractivity contribution in [2.45, 2.75) is 25.9 Å². The summed E-state index contributed by atoms with van der Waals surface area (Å²) in [6, 6.07) is 4.28. The molecule has 0 saturated carbocycles. The Kier molecular flexibility index (Phi) is 6.30. The van der Waals surface area contributed by atoms with Gasteiger partial charge >= 0.3 is 12.6 Å². The number of likely N-dealkylation sites (tertiary alicyclic amines) is 1. The van der Waals surface area contributed by atoms with Crippen LogP contribution in [0.4, 0.5) is 19.3 Å². The van der Waals surface area contributed by atoms with Gasteiger partial charge in [-0.1, -0.05) is 0 Å². The second kappa shape index (κ2) is 8.89. The molecule has 0 radical (unpaired) electrons.